The number of carbonyl (C=O) groups excluding carboxylic acids is 4. The smallest absolute Gasteiger partial charge is 0.286 e. The van der Waals surface area contributed by atoms with Crippen molar-refractivity contribution >= 4 is 111 Å². The average Bonchev–Trinajstić information content (AvgIpc) is 1.68. The molecule has 4 amide bonds. The van der Waals surface area contributed by atoms with Gasteiger partial charge in [-0.3, -0.25) is 29.2 Å². The summed E-state index contributed by atoms with van der Waals surface area (Å²) < 4.78 is 85.3. The number of aromatic amines is 2. The minimum absolute atomic E-state index is 0.0134. The van der Waals surface area contributed by atoms with Crippen LogP contribution in [0.1, 0.15) is 59.5 Å². The van der Waals surface area contributed by atoms with Gasteiger partial charge in [-0.05, 0) is 78.4 Å². The van der Waals surface area contributed by atoms with Gasteiger partial charge in [0.05, 0.1) is 68.6 Å². The van der Waals surface area contributed by atoms with Gasteiger partial charge in [0.1, 0.15) is 78.7 Å². The molecular formula is C59H40F4N6O14. The number of benzene rings is 7. The van der Waals surface area contributed by atoms with Crippen LogP contribution in [-0.2, 0) is 30.4 Å². The Balaban J connectivity index is 0.000000138. The molecule has 4 unspecified atom stereocenters. The van der Waals surface area contributed by atoms with E-state index in [0.29, 0.717) is 54.5 Å². The molecule has 4 aromatic heterocycles. The van der Waals surface area contributed by atoms with E-state index in [1.165, 1.54) is 72.8 Å². The number of rotatable bonds is 5. The van der Waals surface area contributed by atoms with Gasteiger partial charge in [-0.25, -0.2) is 17.6 Å². The van der Waals surface area contributed by atoms with Crippen LogP contribution in [0.5, 0.6) is 0 Å². The number of hydroxylamine groups is 4. The molecule has 418 valence electrons. The molecule has 20 nitrogen and oxygen atoms in total. The summed E-state index contributed by atoms with van der Waals surface area (Å²) in [5.74, 6) is -5.88. The predicted molar refractivity (Wildman–Crippen MR) is 283 cm³/mol. The molecule has 6 aliphatic rings. The second-order valence-electron chi connectivity index (χ2n) is 21.4. The van der Waals surface area contributed by atoms with Crippen molar-refractivity contribution in [2.45, 2.75) is 67.9 Å². The number of hydrogen-bond acceptors (Lipinski definition) is 14. The first kappa shape index (κ1) is 50.1. The number of H-pyrrole nitrogens is 2. The molecule has 4 bridgehead atoms. The van der Waals surface area contributed by atoms with Crippen LogP contribution >= 0.6 is 0 Å². The number of ether oxygens (including phenoxy) is 4. The average molecular weight is 1130 g/mol. The van der Waals surface area contributed by atoms with E-state index in [4.69, 9.17) is 23.8 Å². The summed E-state index contributed by atoms with van der Waals surface area (Å²) in [7, 11) is 0. The Bertz CT molecular complexity index is 4750. The molecule has 4 saturated heterocycles. The Morgan fingerprint density at radius 1 is 0.506 bits per heavy atom. The van der Waals surface area contributed by atoms with Crippen LogP contribution < -0.4 is 0 Å². The van der Waals surface area contributed by atoms with E-state index in [2.05, 4.69) is 9.97 Å². The molecular weight excluding hydrogens is 1090 g/mol. The standard InChI is InChI=1S/C33H23F2N3O7.C26H17F2N3O7/c34-15-6-8-19-17(10-15)22-24-25(32(42)38(31(24)41)44-12-14-4-2-1-3-5-14)23-18-11-16(35)7-9-20(18)37(27(23)26(22)36-19)33-29(40)30-28(39)21(45-33)13-43-30;27-8-1-3-12-10(5-8)15-17-18(25(35)31(36)24(17)34)16-11-6-9(28)2-4-13(11)30(20(16)19(15)29-12)26-22(33)23-21(32)14(38-26)7-37-23/h1-11,21,28-30,33,36,39-40H,12-13H2;1-6,14,21-23,26,29,32-33,36H,7H2/t21?,28-,29-,30?,33-;14?,21-,22-,23?,26-/m11/s1. The van der Waals surface area contributed by atoms with Crippen LogP contribution in [0.15, 0.2) is 103 Å². The highest BCUT2D eigenvalue weighted by atomic mass is 19.1. The molecule has 0 aliphatic carbocycles. The van der Waals surface area contributed by atoms with Crippen molar-refractivity contribution in [3.63, 3.8) is 0 Å². The molecule has 10 atom stereocenters. The number of nitrogens with one attached hydrogen (secondary N) is 2. The first-order valence-corrected chi connectivity index (χ1v) is 26.3. The predicted octanol–water partition coefficient (Wildman–Crippen LogP) is 7.16. The molecule has 0 radical (unpaired) electrons. The second kappa shape index (κ2) is 17.7. The summed E-state index contributed by atoms with van der Waals surface area (Å²) in [4.78, 5) is 67.0. The summed E-state index contributed by atoms with van der Waals surface area (Å²) >= 11 is 0. The summed E-state index contributed by atoms with van der Waals surface area (Å²) in [5, 5.41) is 56.7. The van der Waals surface area contributed by atoms with Crippen LogP contribution in [0, 0.1) is 23.3 Å². The van der Waals surface area contributed by atoms with Crippen molar-refractivity contribution in [2.24, 2.45) is 0 Å². The van der Waals surface area contributed by atoms with Gasteiger partial charge in [-0.1, -0.05) is 30.3 Å². The fourth-order valence-electron chi connectivity index (χ4n) is 13.4. The first-order chi connectivity index (χ1) is 40.1. The van der Waals surface area contributed by atoms with E-state index >= 15 is 0 Å². The summed E-state index contributed by atoms with van der Waals surface area (Å²) in [6.07, 6.45) is -10.5. The number of fused-ring (bicyclic) bond motifs is 24. The summed E-state index contributed by atoms with van der Waals surface area (Å²) in [5.41, 5.74) is 3.26. The zero-order valence-corrected chi connectivity index (χ0v) is 42.4. The topological polar surface area (TPSA) is 263 Å². The van der Waals surface area contributed by atoms with Crippen molar-refractivity contribution in [3.05, 3.63) is 154 Å². The van der Waals surface area contributed by atoms with Gasteiger partial charge in [0.25, 0.3) is 23.6 Å². The highest BCUT2D eigenvalue weighted by Gasteiger charge is 2.54. The van der Waals surface area contributed by atoms with Gasteiger partial charge in [0.15, 0.2) is 12.5 Å². The minimum atomic E-state index is -1.36. The Hall–Kier alpha value is -8.66. The van der Waals surface area contributed by atoms with Crippen molar-refractivity contribution in [1.82, 2.24) is 29.2 Å². The number of nitrogens with zero attached hydrogens (tertiary/aromatic N) is 4. The molecule has 7 aromatic carbocycles. The summed E-state index contributed by atoms with van der Waals surface area (Å²) in [6.45, 7) is 0.0289. The van der Waals surface area contributed by atoms with Gasteiger partial charge in [-0.15, -0.1) is 10.1 Å². The van der Waals surface area contributed by atoms with Crippen molar-refractivity contribution < 1.29 is 86.2 Å². The Morgan fingerprint density at radius 2 is 0.916 bits per heavy atom. The third kappa shape index (κ3) is 6.80. The van der Waals surface area contributed by atoms with Crippen LogP contribution in [0.4, 0.5) is 17.6 Å². The number of halogens is 4. The third-order valence-electron chi connectivity index (χ3n) is 17.0. The van der Waals surface area contributed by atoms with Crippen molar-refractivity contribution in [3.8, 4) is 0 Å². The molecule has 17 rings (SSSR count). The Morgan fingerprint density at radius 3 is 1.39 bits per heavy atom. The lowest BCUT2D eigenvalue weighted by Crippen LogP contribution is -2.50. The maximum absolute atomic E-state index is 14.9. The van der Waals surface area contributed by atoms with Gasteiger partial charge in [0.2, 0.25) is 0 Å². The number of carbonyl (C=O) groups is 4. The molecule has 4 fully saturated rings. The van der Waals surface area contributed by atoms with E-state index < -0.39 is 108 Å². The second-order valence-corrected chi connectivity index (χ2v) is 21.4. The van der Waals surface area contributed by atoms with Crippen molar-refractivity contribution in [2.75, 3.05) is 13.2 Å². The quantitative estimate of drug-likeness (QED) is 0.0512. The lowest BCUT2D eigenvalue weighted by molar-refractivity contribution is -0.192. The maximum Gasteiger partial charge on any atom is 0.286 e. The van der Waals surface area contributed by atoms with Crippen LogP contribution in [-0.4, -0.2) is 141 Å². The Kier molecular flexibility index (Phi) is 10.7. The van der Waals surface area contributed by atoms with Crippen LogP contribution in [0.2, 0.25) is 0 Å². The van der Waals surface area contributed by atoms with Gasteiger partial charge in [-0.2, -0.15) is 0 Å². The molecule has 0 saturated carbocycles. The normalized spacial score (nSPS) is 25.7. The third-order valence-corrected chi connectivity index (χ3v) is 17.0. The number of hydrogen-bond donors (Lipinski definition) is 7. The molecule has 11 aromatic rings. The first-order valence-electron chi connectivity index (χ1n) is 26.3. The monoisotopic (exact) mass is 1130 g/mol. The van der Waals surface area contributed by atoms with Gasteiger partial charge < -0.3 is 58.5 Å². The van der Waals surface area contributed by atoms with E-state index in [0.717, 1.165) is 5.56 Å². The van der Waals surface area contributed by atoms with E-state index in [9.17, 15) is 62.4 Å². The SMILES string of the molecule is O=C1c2c(c3c4cc(F)ccc4n([C@@H]4OC5COC([C@@H]5O)[C@H]4O)c3c3[nH]c4ccc(F)cc4c23)C(=O)N1O.O=C1c2c(c3c4cc(F)ccc4n([C@@H]4OC5COC([C@@H]5O)[C@H]4O)c3c3[nH]c4ccc(F)cc4c23)C(=O)N1OCc1ccccc1. The highest BCUT2D eigenvalue weighted by molar-refractivity contribution is 6.40. The number of imide groups is 2. The van der Waals surface area contributed by atoms with E-state index in [-0.39, 0.29) is 85.0 Å². The highest BCUT2D eigenvalue weighted by Crippen LogP contribution is 2.51. The largest absolute Gasteiger partial charge is 0.387 e. The molecule has 6 aliphatic heterocycles. The molecule has 0 spiro atoms. The zero-order valence-electron chi connectivity index (χ0n) is 42.4. The van der Waals surface area contributed by atoms with Gasteiger partial charge in [0, 0.05) is 54.1 Å². The lowest BCUT2D eigenvalue weighted by Gasteiger charge is -2.36. The van der Waals surface area contributed by atoms with E-state index in [1.807, 2.05) is 6.07 Å². The lowest BCUT2D eigenvalue weighted by atomic mass is 9.96. The van der Waals surface area contributed by atoms with Crippen LogP contribution in [0.25, 0.3) is 87.2 Å². The van der Waals surface area contributed by atoms with Crippen LogP contribution in [0.3, 0.4) is 0 Å². The molecule has 7 N–H and O–H groups in total. The maximum atomic E-state index is 14.9. The number of aromatic nitrogens is 4. The van der Waals surface area contributed by atoms with Crippen molar-refractivity contribution in [1.29, 1.82) is 0 Å². The molecule has 24 heteroatoms. The fraction of sp³-hybridized carbons (Fsp3) is 0.220. The molecule has 10 heterocycles. The summed E-state index contributed by atoms with van der Waals surface area (Å²) in [6, 6.07) is 24.8. The van der Waals surface area contributed by atoms with E-state index in [1.54, 1.807) is 33.4 Å². The Labute approximate surface area is 460 Å². The minimum Gasteiger partial charge on any atom is -0.387 e. The number of amides is 4. The zero-order chi connectivity index (χ0) is 56.9. The molecule has 83 heavy (non-hydrogen) atoms. The number of aliphatic hydroxyl groups excluding tert-OH is 4. The fourth-order valence-corrected chi connectivity index (χ4v) is 13.4. The van der Waals surface area contributed by atoms with Gasteiger partial charge >= 0.3 is 0 Å². The number of aliphatic hydroxyl groups is 4.